The first kappa shape index (κ1) is 42.6. The summed E-state index contributed by atoms with van der Waals surface area (Å²) in [5.41, 5.74) is 5.81. The fourth-order valence-corrected chi connectivity index (χ4v) is 7.79. The predicted molar refractivity (Wildman–Crippen MR) is 236 cm³/mol. The van der Waals surface area contributed by atoms with Crippen LogP contribution < -0.4 is 10.6 Å². The molecular weight excluding hydrogens is 693 g/mol. The number of carbonyl (C=O) groups is 1. The maximum absolute atomic E-state index is 12.7. The fraction of sp³-hybridized carbons (Fsp3) is 0.449. The number of nitrogens with one attached hydrogen (secondary N) is 2. The molecule has 2 heterocycles. The smallest absolute Gasteiger partial charge is 0.411 e. The van der Waals surface area contributed by atoms with E-state index in [1.165, 1.54) is 64.3 Å². The molecule has 0 bridgehead atoms. The number of amides is 1. The van der Waals surface area contributed by atoms with Crippen molar-refractivity contribution in [3.05, 3.63) is 128 Å². The first-order valence-corrected chi connectivity index (χ1v) is 21.3. The number of carbonyl (C=O) groups excluding carboxylic acids is 1. The lowest BCUT2D eigenvalue weighted by Gasteiger charge is -2.32. The van der Waals surface area contributed by atoms with Crippen LogP contribution in [-0.2, 0) is 9.47 Å². The molecule has 0 radical (unpaired) electrons. The molecule has 2 saturated heterocycles. The summed E-state index contributed by atoms with van der Waals surface area (Å²) >= 11 is 0. The second-order valence-electron chi connectivity index (χ2n) is 15.3. The molecule has 7 heteroatoms. The maximum Gasteiger partial charge on any atom is 0.411 e. The van der Waals surface area contributed by atoms with Gasteiger partial charge in [-0.2, -0.15) is 0 Å². The number of ether oxygens (including phenoxy) is 2. The highest BCUT2D eigenvalue weighted by Gasteiger charge is 2.23. The van der Waals surface area contributed by atoms with Crippen LogP contribution in [0.1, 0.15) is 96.0 Å². The third-order valence-electron chi connectivity index (χ3n) is 11.0. The Labute approximate surface area is 337 Å². The molecule has 7 nitrogen and oxygen atoms in total. The van der Waals surface area contributed by atoms with Gasteiger partial charge in [0.25, 0.3) is 0 Å². The zero-order valence-electron chi connectivity index (χ0n) is 33.9. The average Bonchev–Trinajstić information content (AvgIpc) is 3.22. The van der Waals surface area contributed by atoms with Crippen LogP contribution >= 0.6 is 0 Å². The molecule has 2 fully saturated rings. The van der Waals surface area contributed by atoms with Crippen LogP contribution in [-0.4, -0.2) is 67.4 Å². The normalized spacial score (nSPS) is 15.9. The molecule has 3 aromatic carbocycles. The number of benzene rings is 3. The van der Waals surface area contributed by atoms with Crippen LogP contribution in [0.4, 0.5) is 16.2 Å². The van der Waals surface area contributed by atoms with Gasteiger partial charge < -0.3 is 24.6 Å². The number of hydrogen-bond donors (Lipinski definition) is 2. The van der Waals surface area contributed by atoms with Crippen LogP contribution in [0.15, 0.2) is 122 Å². The number of likely N-dealkylation sites (tertiary alicyclic amines) is 2. The number of para-hydroxylation sites is 2. The van der Waals surface area contributed by atoms with Crippen molar-refractivity contribution in [1.29, 1.82) is 0 Å². The Morgan fingerprint density at radius 1 is 0.643 bits per heavy atom. The van der Waals surface area contributed by atoms with Crippen molar-refractivity contribution in [2.24, 2.45) is 0 Å². The van der Waals surface area contributed by atoms with Gasteiger partial charge in [0.2, 0.25) is 0 Å². The van der Waals surface area contributed by atoms with Crippen molar-refractivity contribution in [3.63, 3.8) is 0 Å². The Morgan fingerprint density at radius 2 is 1.16 bits per heavy atom. The molecule has 1 amide bonds. The van der Waals surface area contributed by atoms with Gasteiger partial charge in [-0.1, -0.05) is 143 Å². The summed E-state index contributed by atoms with van der Waals surface area (Å²) in [5, 5.41) is 6.37. The Hall–Kier alpha value is -4.59. The standard InChI is InChI=1S/C49H66N4O3/c1-4-5-14-23-40(2)45-26-17-19-28-47(45)50-41(3)55-43-30-36-52(37-31-43)34-21-11-9-7-6-8-10-12-22-35-53-38-32-44(33-39-53)56-49(54)51-48-29-20-18-27-46(48)42-24-15-13-16-25-42/h4-5,13-20,23-29,43-44,50H,2-3,6-12,21-22,30-39H2,1H3,(H,51,54)/b5-4-,23-14-. The van der Waals surface area contributed by atoms with Crippen molar-refractivity contribution in [2.75, 3.05) is 49.9 Å². The molecule has 5 rings (SSSR count). The van der Waals surface area contributed by atoms with Gasteiger partial charge in [-0.25, -0.2) is 4.79 Å². The average molecular weight is 759 g/mol. The van der Waals surface area contributed by atoms with E-state index in [-0.39, 0.29) is 18.3 Å². The lowest BCUT2D eigenvalue weighted by molar-refractivity contribution is 0.0527. The van der Waals surface area contributed by atoms with Gasteiger partial charge in [0.1, 0.15) is 12.2 Å². The Morgan fingerprint density at radius 3 is 1.77 bits per heavy atom. The van der Waals surface area contributed by atoms with Crippen LogP contribution in [0.3, 0.4) is 0 Å². The molecule has 56 heavy (non-hydrogen) atoms. The second-order valence-corrected chi connectivity index (χ2v) is 15.3. The third kappa shape index (κ3) is 14.8. The minimum atomic E-state index is -0.361. The van der Waals surface area contributed by atoms with E-state index in [0.29, 0.717) is 5.88 Å². The summed E-state index contributed by atoms with van der Waals surface area (Å²) < 4.78 is 12.1. The van der Waals surface area contributed by atoms with Gasteiger partial charge in [-0.05, 0) is 88.4 Å². The number of rotatable bonds is 22. The zero-order valence-corrected chi connectivity index (χ0v) is 33.9. The van der Waals surface area contributed by atoms with Gasteiger partial charge >= 0.3 is 6.09 Å². The van der Waals surface area contributed by atoms with E-state index in [2.05, 4.69) is 51.8 Å². The first-order valence-electron chi connectivity index (χ1n) is 21.3. The van der Waals surface area contributed by atoms with E-state index >= 15 is 0 Å². The van der Waals surface area contributed by atoms with Crippen molar-refractivity contribution < 1.29 is 14.3 Å². The molecule has 2 aliphatic heterocycles. The summed E-state index contributed by atoms with van der Waals surface area (Å²) in [5.74, 6) is 0.605. The number of anilines is 2. The predicted octanol–water partition coefficient (Wildman–Crippen LogP) is 12.1. The lowest BCUT2D eigenvalue weighted by Crippen LogP contribution is -2.38. The van der Waals surface area contributed by atoms with E-state index in [1.54, 1.807) is 0 Å². The van der Waals surface area contributed by atoms with E-state index < -0.39 is 0 Å². The fourth-order valence-electron chi connectivity index (χ4n) is 7.79. The Balaban J connectivity index is 0.825. The van der Waals surface area contributed by atoms with E-state index in [9.17, 15) is 4.79 Å². The summed E-state index contributed by atoms with van der Waals surface area (Å²) in [7, 11) is 0. The number of hydrogen-bond acceptors (Lipinski definition) is 6. The number of unbranched alkanes of at least 4 members (excludes halogenated alkanes) is 8. The molecule has 0 saturated carbocycles. The third-order valence-corrected chi connectivity index (χ3v) is 11.0. The summed E-state index contributed by atoms with van der Waals surface area (Å²) in [6.45, 7) is 16.9. The SMILES string of the molecule is C=C(Nc1ccccc1C(=C)/C=C\C=C/C)OC1CCN(CCCCCCCCCCCN2CCC(OC(=O)Nc3ccccc3-c3ccccc3)CC2)CC1. The largest absolute Gasteiger partial charge is 0.476 e. The minimum Gasteiger partial charge on any atom is -0.476 e. The molecule has 0 aromatic heterocycles. The van der Waals surface area contributed by atoms with Crippen LogP contribution in [0, 0.1) is 0 Å². The quantitative estimate of drug-likeness (QED) is 0.0604. The van der Waals surface area contributed by atoms with Crippen molar-refractivity contribution in [1.82, 2.24) is 9.80 Å². The van der Waals surface area contributed by atoms with Gasteiger partial charge in [0.15, 0.2) is 5.88 Å². The molecule has 300 valence electrons. The highest BCUT2D eigenvalue weighted by atomic mass is 16.6. The van der Waals surface area contributed by atoms with Gasteiger partial charge in [0, 0.05) is 43.0 Å². The van der Waals surface area contributed by atoms with Gasteiger partial charge in [-0.15, -0.1) is 0 Å². The van der Waals surface area contributed by atoms with Gasteiger partial charge in [-0.3, -0.25) is 5.32 Å². The molecule has 0 unspecified atom stereocenters. The van der Waals surface area contributed by atoms with Gasteiger partial charge in [0.05, 0.1) is 5.69 Å². The van der Waals surface area contributed by atoms with Crippen LogP contribution in [0.2, 0.25) is 0 Å². The molecule has 0 atom stereocenters. The van der Waals surface area contributed by atoms with Crippen LogP contribution in [0.5, 0.6) is 0 Å². The topological polar surface area (TPSA) is 66.1 Å². The Kier molecular flexibility index (Phi) is 18.3. The first-order chi connectivity index (χ1) is 27.5. The number of piperidine rings is 2. The minimum absolute atomic E-state index is 0.0197. The molecule has 0 spiro atoms. The van der Waals surface area contributed by atoms with Crippen molar-refractivity contribution in [3.8, 4) is 11.1 Å². The van der Waals surface area contributed by atoms with E-state index in [1.807, 2.05) is 91.9 Å². The van der Waals surface area contributed by atoms with E-state index in [4.69, 9.17) is 9.47 Å². The van der Waals surface area contributed by atoms with E-state index in [0.717, 1.165) is 92.0 Å². The monoisotopic (exact) mass is 759 g/mol. The summed E-state index contributed by atoms with van der Waals surface area (Å²) in [6.07, 6.45) is 23.7. The second kappa shape index (κ2) is 24.1. The summed E-state index contributed by atoms with van der Waals surface area (Å²) in [6, 6.07) is 26.2. The molecule has 0 aliphatic carbocycles. The summed E-state index contributed by atoms with van der Waals surface area (Å²) in [4.78, 5) is 17.9. The molecule has 2 N–H and O–H groups in total. The highest BCUT2D eigenvalue weighted by molar-refractivity contribution is 5.91. The molecular formula is C49H66N4O3. The maximum atomic E-state index is 12.7. The van der Waals surface area contributed by atoms with Crippen LogP contribution in [0.25, 0.3) is 16.7 Å². The Bertz CT molecular complexity index is 1690. The van der Waals surface area contributed by atoms with Crippen molar-refractivity contribution in [2.45, 2.75) is 103 Å². The molecule has 3 aromatic rings. The molecule has 2 aliphatic rings. The van der Waals surface area contributed by atoms with Crippen molar-refractivity contribution >= 4 is 23.0 Å². The number of allylic oxidation sites excluding steroid dienone is 5. The highest BCUT2D eigenvalue weighted by Crippen LogP contribution is 2.29. The number of nitrogens with zero attached hydrogens (tertiary/aromatic N) is 2. The zero-order chi connectivity index (χ0) is 39.2. The lowest BCUT2D eigenvalue weighted by atomic mass is 10.0.